The minimum absolute atomic E-state index is 0.156. The lowest BCUT2D eigenvalue weighted by atomic mass is 10.2. The summed E-state index contributed by atoms with van der Waals surface area (Å²) in [7, 11) is 0. The largest absolute Gasteiger partial charge is 0.460 e. The zero-order chi connectivity index (χ0) is 8.97. The molecule has 4 heteroatoms. The SMILES string of the molecule is C=CCO[12C](=O)[C@@H]1CCCN1F. The van der Waals surface area contributed by atoms with Crippen molar-refractivity contribution in [3.8, 4) is 0 Å². The van der Waals surface area contributed by atoms with Crippen molar-refractivity contribution in [3.05, 3.63) is 12.7 Å². The fourth-order valence-electron chi connectivity index (χ4n) is 1.20. The molecular weight excluding hydrogens is 161 g/mol. The van der Waals surface area contributed by atoms with E-state index in [2.05, 4.69) is 6.58 Å². The van der Waals surface area contributed by atoms with Gasteiger partial charge in [-0.05, 0) is 12.8 Å². The number of rotatable bonds is 3. The minimum Gasteiger partial charge on any atom is -0.460 e. The molecule has 0 bridgehead atoms. The van der Waals surface area contributed by atoms with E-state index in [9.17, 15) is 9.28 Å². The Labute approximate surface area is 70.7 Å². The Kier molecular flexibility index (Phi) is 3.22. The van der Waals surface area contributed by atoms with Gasteiger partial charge in [-0.15, -0.1) is 9.60 Å². The fraction of sp³-hybridized carbons (Fsp3) is 0.625. The van der Waals surface area contributed by atoms with E-state index in [1.54, 1.807) is 0 Å². The Morgan fingerprint density at radius 2 is 2.58 bits per heavy atom. The second kappa shape index (κ2) is 4.21. The number of ether oxygens (including phenoxy) is 1. The van der Waals surface area contributed by atoms with E-state index in [1.807, 2.05) is 0 Å². The van der Waals surface area contributed by atoms with E-state index in [1.165, 1.54) is 6.08 Å². The normalized spacial score (nSPS) is 23.9. The summed E-state index contributed by atoms with van der Waals surface area (Å²) in [6.45, 7) is 3.88. The zero-order valence-corrected chi connectivity index (χ0v) is 6.83. The van der Waals surface area contributed by atoms with Crippen LogP contribution in [0.5, 0.6) is 0 Å². The van der Waals surface area contributed by atoms with Crippen LogP contribution in [0, 0.1) is 0 Å². The fourth-order valence-corrected chi connectivity index (χ4v) is 1.20. The van der Waals surface area contributed by atoms with E-state index in [0.29, 0.717) is 24.5 Å². The number of hydrogen-bond acceptors (Lipinski definition) is 3. The molecule has 0 N–H and O–H groups in total. The summed E-state index contributed by atoms with van der Waals surface area (Å²) in [4.78, 5) is 11.1. The number of hydrogen-bond donors (Lipinski definition) is 0. The van der Waals surface area contributed by atoms with Gasteiger partial charge in [-0.2, -0.15) is 0 Å². The van der Waals surface area contributed by atoms with Gasteiger partial charge >= 0.3 is 5.97 Å². The first-order valence-corrected chi connectivity index (χ1v) is 3.95. The standard InChI is InChI=1S/C8H12FNO2/c1-2-6-12-8(11)7-4-3-5-10(7)9/h2,7H,1,3-6H2/t7-/m0/s1/i8+0. The monoisotopic (exact) mass is 173 g/mol. The molecule has 0 aromatic heterocycles. The summed E-state index contributed by atoms with van der Waals surface area (Å²) in [5, 5.41) is 0.533. The summed E-state index contributed by atoms with van der Waals surface area (Å²) in [6, 6.07) is -0.690. The van der Waals surface area contributed by atoms with Crippen LogP contribution in [0.4, 0.5) is 4.48 Å². The van der Waals surface area contributed by atoms with Gasteiger partial charge in [0.2, 0.25) is 0 Å². The van der Waals surface area contributed by atoms with E-state index in [4.69, 9.17) is 4.74 Å². The molecule has 1 aliphatic rings. The van der Waals surface area contributed by atoms with Crippen molar-refractivity contribution < 1.29 is 14.0 Å². The lowest BCUT2D eigenvalue weighted by Crippen LogP contribution is -2.31. The second-order valence-electron chi connectivity index (χ2n) is 2.70. The van der Waals surface area contributed by atoms with Gasteiger partial charge in [0.15, 0.2) is 0 Å². The lowest BCUT2D eigenvalue weighted by Gasteiger charge is -2.12. The smallest absolute Gasteiger partial charge is 0.326 e. The van der Waals surface area contributed by atoms with Crippen LogP contribution in [-0.4, -0.2) is 30.3 Å². The van der Waals surface area contributed by atoms with Crippen molar-refractivity contribution in [3.63, 3.8) is 0 Å². The maximum absolute atomic E-state index is 12.8. The van der Waals surface area contributed by atoms with Gasteiger partial charge in [-0.25, -0.2) is 0 Å². The Balaban J connectivity index is 2.35. The summed E-state index contributed by atoms with van der Waals surface area (Å²) < 4.78 is 17.5. The predicted molar refractivity (Wildman–Crippen MR) is 42.0 cm³/mol. The number of halogens is 1. The van der Waals surface area contributed by atoms with Gasteiger partial charge in [0.05, 0.1) is 0 Å². The average Bonchev–Trinajstić information content (AvgIpc) is 2.47. The quantitative estimate of drug-likeness (QED) is 0.363. The summed E-state index contributed by atoms with van der Waals surface area (Å²) in [6.07, 6.45) is 2.73. The highest BCUT2D eigenvalue weighted by molar-refractivity contribution is 5.76. The van der Waals surface area contributed by atoms with Crippen molar-refractivity contribution in [2.45, 2.75) is 18.9 Å². The minimum atomic E-state index is -0.690. The topological polar surface area (TPSA) is 29.5 Å². The van der Waals surface area contributed by atoms with Crippen LogP contribution in [0.1, 0.15) is 12.8 Å². The summed E-state index contributed by atoms with van der Waals surface area (Å²) in [5.74, 6) is -0.491. The Hall–Kier alpha value is -0.900. The van der Waals surface area contributed by atoms with Crippen LogP contribution in [0.15, 0.2) is 12.7 Å². The molecule has 0 aromatic rings. The molecule has 3 nitrogen and oxygen atoms in total. The number of nitrogens with zero attached hydrogens (tertiary/aromatic N) is 1. The molecule has 0 radical (unpaired) electrons. The molecule has 0 aromatic carbocycles. The van der Waals surface area contributed by atoms with E-state index < -0.39 is 12.0 Å². The van der Waals surface area contributed by atoms with Gasteiger partial charge in [0, 0.05) is 6.54 Å². The zero-order valence-electron chi connectivity index (χ0n) is 6.83. The molecule has 1 aliphatic heterocycles. The van der Waals surface area contributed by atoms with Crippen molar-refractivity contribution in [2.75, 3.05) is 13.2 Å². The number of carbonyl (C=O) groups is 1. The molecule has 0 spiro atoms. The molecule has 1 rings (SSSR count). The van der Waals surface area contributed by atoms with Crippen LogP contribution in [0.25, 0.3) is 0 Å². The molecule has 0 saturated carbocycles. The van der Waals surface area contributed by atoms with Gasteiger partial charge < -0.3 is 4.74 Å². The molecule has 0 amide bonds. The molecule has 0 aliphatic carbocycles. The Bertz CT molecular complexity index is 184. The molecule has 1 heterocycles. The first-order chi connectivity index (χ1) is 5.75. The third-order valence-corrected chi connectivity index (χ3v) is 1.80. The summed E-state index contributed by atoms with van der Waals surface area (Å²) in [5.41, 5.74) is 0. The maximum atomic E-state index is 12.8. The summed E-state index contributed by atoms with van der Waals surface area (Å²) >= 11 is 0. The van der Waals surface area contributed by atoms with Gasteiger partial charge in [-0.1, -0.05) is 12.7 Å². The maximum Gasteiger partial charge on any atom is 0.326 e. The molecule has 12 heavy (non-hydrogen) atoms. The molecule has 1 fully saturated rings. The predicted octanol–water partition coefficient (Wildman–Crippen LogP) is 1.06. The molecule has 68 valence electrons. The van der Waals surface area contributed by atoms with Crippen molar-refractivity contribution in [1.82, 2.24) is 5.12 Å². The third-order valence-electron chi connectivity index (χ3n) is 1.80. The highest BCUT2D eigenvalue weighted by Crippen LogP contribution is 2.18. The third kappa shape index (κ3) is 2.04. The first-order valence-electron chi connectivity index (χ1n) is 3.95. The highest BCUT2D eigenvalue weighted by atomic mass is 19.2. The van der Waals surface area contributed by atoms with Crippen molar-refractivity contribution in [2.24, 2.45) is 0 Å². The Morgan fingerprint density at radius 1 is 1.83 bits per heavy atom. The second-order valence-corrected chi connectivity index (χ2v) is 2.70. The molecular formula is C8H12FNO2. The number of carbonyl (C=O) groups excluding carboxylic acids is 1. The van der Waals surface area contributed by atoms with Crippen LogP contribution < -0.4 is 0 Å². The van der Waals surface area contributed by atoms with Gasteiger partial charge in [-0.3, -0.25) is 4.79 Å². The van der Waals surface area contributed by atoms with Crippen LogP contribution in [0.3, 0.4) is 0 Å². The van der Waals surface area contributed by atoms with Gasteiger partial charge in [0.1, 0.15) is 12.6 Å². The van der Waals surface area contributed by atoms with Crippen LogP contribution in [0.2, 0.25) is 0 Å². The van der Waals surface area contributed by atoms with Gasteiger partial charge in [0.25, 0.3) is 0 Å². The van der Waals surface area contributed by atoms with Crippen LogP contribution >= 0.6 is 0 Å². The highest BCUT2D eigenvalue weighted by Gasteiger charge is 2.31. The van der Waals surface area contributed by atoms with Crippen molar-refractivity contribution in [1.29, 1.82) is 0 Å². The van der Waals surface area contributed by atoms with E-state index in [0.717, 1.165) is 0 Å². The van der Waals surface area contributed by atoms with Crippen molar-refractivity contribution >= 4 is 5.97 Å². The first kappa shape index (κ1) is 9.19. The molecule has 0 unspecified atom stereocenters. The Morgan fingerprint density at radius 3 is 3.08 bits per heavy atom. The van der Waals surface area contributed by atoms with E-state index >= 15 is 0 Å². The van der Waals surface area contributed by atoms with E-state index in [-0.39, 0.29) is 6.61 Å². The average molecular weight is 173 g/mol. The lowest BCUT2D eigenvalue weighted by molar-refractivity contribution is -0.153. The molecule has 1 saturated heterocycles. The van der Waals surface area contributed by atoms with Crippen LogP contribution in [-0.2, 0) is 9.53 Å². The molecule has 1 atom stereocenters. The number of esters is 1.